The van der Waals surface area contributed by atoms with E-state index in [2.05, 4.69) is 15.0 Å². The quantitative estimate of drug-likeness (QED) is 0.746. The van der Waals surface area contributed by atoms with Gasteiger partial charge in [-0.15, -0.1) is 0 Å². The van der Waals surface area contributed by atoms with Gasteiger partial charge in [-0.05, 0) is 12.5 Å². The number of nitrogens with one attached hydrogen (secondary N) is 1. The number of methoxy groups -OCH3 is 1. The predicted molar refractivity (Wildman–Crippen MR) is 54.1 cm³/mol. The van der Waals surface area contributed by atoms with Crippen LogP contribution < -0.4 is 0 Å². The van der Waals surface area contributed by atoms with Crippen molar-refractivity contribution >= 4 is 11.0 Å². The van der Waals surface area contributed by atoms with Gasteiger partial charge in [-0.1, -0.05) is 0 Å². The number of hydrogen-bond acceptors (Lipinski definition) is 3. The first kappa shape index (κ1) is 9.15. The van der Waals surface area contributed by atoms with Gasteiger partial charge in [0.05, 0.1) is 17.2 Å². The van der Waals surface area contributed by atoms with Crippen molar-refractivity contribution in [3.05, 3.63) is 24.3 Å². The maximum Gasteiger partial charge on any atom is 0.107 e. The molecule has 0 aliphatic rings. The predicted octanol–water partition coefficient (Wildman–Crippen LogP) is 1.54. The Morgan fingerprint density at radius 2 is 2.43 bits per heavy atom. The number of pyridine rings is 1. The Kier molecular flexibility index (Phi) is 2.74. The smallest absolute Gasteiger partial charge is 0.107 e. The number of aromatic nitrogens is 3. The summed E-state index contributed by atoms with van der Waals surface area (Å²) in [4.78, 5) is 11.7. The summed E-state index contributed by atoms with van der Waals surface area (Å²) in [6.45, 7) is 0.773. The molecular weight excluding hydrogens is 178 g/mol. The molecule has 0 amide bonds. The van der Waals surface area contributed by atoms with Crippen molar-refractivity contribution in [3.8, 4) is 0 Å². The van der Waals surface area contributed by atoms with E-state index in [-0.39, 0.29) is 0 Å². The average Bonchev–Trinajstić information content (AvgIpc) is 2.60. The molecule has 74 valence electrons. The second kappa shape index (κ2) is 4.19. The van der Waals surface area contributed by atoms with E-state index >= 15 is 0 Å². The molecule has 2 aromatic heterocycles. The van der Waals surface area contributed by atoms with E-state index in [1.807, 2.05) is 6.07 Å². The number of imidazole rings is 1. The van der Waals surface area contributed by atoms with Crippen LogP contribution in [-0.4, -0.2) is 28.7 Å². The number of H-pyrrole nitrogens is 1. The number of aromatic amines is 1. The molecule has 0 saturated carbocycles. The van der Waals surface area contributed by atoms with Crippen molar-refractivity contribution in [2.45, 2.75) is 12.8 Å². The third-order valence-electron chi connectivity index (χ3n) is 2.09. The van der Waals surface area contributed by atoms with Gasteiger partial charge in [0.15, 0.2) is 0 Å². The standard InChI is InChI=1S/C10H13N3O/c1-14-6-2-3-10-12-8-4-5-11-7-9(8)13-10/h4-5,7H,2-3,6H2,1H3,(H,12,13). The number of fused-ring (bicyclic) bond motifs is 1. The van der Waals surface area contributed by atoms with Crippen LogP contribution in [0.1, 0.15) is 12.2 Å². The fraction of sp³-hybridized carbons (Fsp3) is 0.400. The molecule has 0 radical (unpaired) electrons. The van der Waals surface area contributed by atoms with Crippen molar-refractivity contribution < 1.29 is 4.74 Å². The SMILES string of the molecule is COCCCc1nc2ccncc2[nH]1. The summed E-state index contributed by atoms with van der Waals surface area (Å²) in [6, 6.07) is 1.91. The summed E-state index contributed by atoms with van der Waals surface area (Å²) in [5.74, 6) is 1.00. The number of rotatable bonds is 4. The highest BCUT2D eigenvalue weighted by atomic mass is 16.5. The van der Waals surface area contributed by atoms with Gasteiger partial charge in [-0.3, -0.25) is 4.98 Å². The number of hydrogen-bond donors (Lipinski definition) is 1. The summed E-state index contributed by atoms with van der Waals surface area (Å²) in [6.07, 6.45) is 5.45. The van der Waals surface area contributed by atoms with Crippen LogP contribution in [0.15, 0.2) is 18.5 Å². The molecule has 0 fully saturated rings. The van der Waals surface area contributed by atoms with Crippen LogP contribution in [0.5, 0.6) is 0 Å². The first-order valence-electron chi connectivity index (χ1n) is 4.67. The topological polar surface area (TPSA) is 50.8 Å². The normalized spacial score (nSPS) is 10.9. The zero-order valence-corrected chi connectivity index (χ0v) is 8.16. The molecule has 0 aromatic carbocycles. The maximum absolute atomic E-state index is 4.98. The molecule has 0 bridgehead atoms. The Bertz CT molecular complexity index is 377. The highest BCUT2D eigenvalue weighted by Crippen LogP contribution is 2.09. The monoisotopic (exact) mass is 191 g/mol. The van der Waals surface area contributed by atoms with E-state index in [0.717, 1.165) is 36.3 Å². The first-order valence-corrected chi connectivity index (χ1v) is 4.67. The van der Waals surface area contributed by atoms with Crippen LogP contribution in [0.25, 0.3) is 11.0 Å². The van der Waals surface area contributed by atoms with Crippen molar-refractivity contribution in [1.82, 2.24) is 15.0 Å². The van der Waals surface area contributed by atoms with Gasteiger partial charge in [0.2, 0.25) is 0 Å². The van der Waals surface area contributed by atoms with Gasteiger partial charge in [-0.2, -0.15) is 0 Å². The molecule has 4 nitrogen and oxygen atoms in total. The molecule has 0 aliphatic heterocycles. The first-order chi connectivity index (χ1) is 6.90. The van der Waals surface area contributed by atoms with Crippen molar-refractivity contribution in [2.75, 3.05) is 13.7 Å². The third-order valence-corrected chi connectivity index (χ3v) is 2.09. The van der Waals surface area contributed by atoms with E-state index in [1.54, 1.807) is 19.5 Å². The molecule has 0 unspecified atom stereocenters. The lowest BCUT2D eigenvalue weighted by Crippen LogP contribution is -1.93. The second-order valence-electron chi connectivity index (χ2n) is 3.17. The summed E-state index contributed by atoms with van der Waals surface area (Å²) < 4.78 is 4.98. The third kappa shape index (κ3) is 1.90. The second-order valence-corrected chi connectivity index (χ2v) is 3.17. The van der Waals surface area contributed by atoms with E-state index in [4.69, 9.17) is 4.74 Å². The zero-order chi connectivity index (χ0) is 9.80. The minimum atomic E-state index is 0.773. The van der Waals surface area contributed by atoms with Crippen molar-refractivity contribution in [2.24, 2.45) is 0 Å². The van der Waals surface area contributed by atoms with Gasteiger partial charge in [-0.25, -0.2) is 4.98 Å². The lowest BCUT2D eigenvalue weighted by atomic mass is 10.3. The molecular formula is C10H13N3O. The number of nitrogens with zero attached hydrogens (tertiary/aromatic N) is 2. The number of ether oxygens (including phenoxy) is 1. The van der Waals surface area contributed by atoms with Gasteiger partial charge >= 0.3 is 0 Å². The van der Waals surface area contributed by atoms with E-state index < -0.39 is 0 Å². The highest BCUT2D eigenvalue weighted by molar-refractivity contribution is 5.73. The molecule has 0 atom stereocenters. The molecule has 2 aromatic rings. The Hall–Kier alpha value is -1.42. The van der Waals surface area contributed by atoms with Crippen molar-refractivity contribution in [3.63, 3.8) is 0 Å². The Labute approximate surface area is 82.3 Å². The van der Waals surface area contributed by atoms with Crippen molar-refractivity contribution in [1.29, 1.82) is 0 Å². The van der Waals surface area contributed by atoms with Gasteiger partial charge in [0.1, 0.15) is 5.82 Å². The molecule has 14 heavy (non-hydrogen) atoms. The van der Waals surface area contributed by atoms with Crippen LogP contribution in [0.4, 0.5) is 0 Å². The Balaban J connectivity index is 2.11. The molecule has 2 heterocycles. The van der Waals surface area contributed by atoms with Gasteiger partial charge < -0.3 is 9.72 Å². The fourth-order valence-electron chi connectivity index (χ4n) is 1.41. The molecule has 0 spiro atoms. The van der Waals surface area contributed by atoms with Crippen LogP contribution >= 0.6 is 0 Å². The minimum absolute atomic E-state index is 0.773. The largest absolute Gasteiger partial charge is 0.385 e. The molecule has 1 N–H and O–H groups in total. The van der Waals surface area contributed by atoms with E-state index in [9.17, 15) is 0 Å². The maximum atomic E-state index is 4.98. The van der Waals surface area contributed by atoms with E-state index in [1.165, 1.54) is 0 Å². The minimum Gasteiger partial charge on any atom is -0.385 e. The summed E-state index contributed by atoms with van der Waals surface area (Å²) in [7, 11) is 1.71. The zero-order valence-electron chi connectivity index (χ0n) is 8.16. The Morgan fingerprint density at radius 3 is 3.21 bits per heavy atom. The molecule has 4 heteroatoms. The van der Waals surface area contributed by atoms with Crippen LogP contribution in [0.2, 0.25) is 0 Å². The fourth-order valence-corrected chi connectivity index (χ4v) is 1.41. The van der Waals surface area contributed by atoms with Crippen LogP contribution in [0, 0.1) is 0 Å². The average molecular weight is 191 g/mol. The molecule has 2 rings (SSSR count). The summed E-state index contributed by atoms with van der Waals surface area (Å²) in [5.41, 5.74) is 1.98. The lowest BCUT2D eigenvalue weighted by Gasteiger charge is -1.94. The van der Waals surface area contributed by atoms with Gasteiger partial charge in [0.25, 0.3) is 0 Å². The van der Waals surface area contributed by atoms with E-state index in [0.29, 0.717) is 0 Å². The van der Waals surface area contributed by atoms with Crippen LogP contribution in [0.3, 0.4) is 0 Å². The molecule has 0 aliphatic carbocycles. The Morgan fingerprint density at radius 1 is 1.50 bits per heavy atom. The van der Waals surface area contributed by atoms with Crippen LogP contribution in [-0.2, 0) is 11.2 Å². The molecule has 0 saturated heterocycles. The summed E-state index contributed by atoms with van der Waals surface area (Å²) >= 11 is 0. The van der Waals surface area contributed by atoms with Gasteiger partial charge in [0, 0.05) is 26.3 Å². The lowest BCUT2D eigenvalue weighted by molar-refractivity contribution is 0.194. The highest BCUT2D eigenvalue weighted by Gasteiger charge is 2.01. The summed E-state index contributed by atoms with van der Waals surface area (Å²) in [5, 5.41) is 0. The number of aryl methyl sites for hydroxylation is 1.